The first-order valence-electron chi connectivity index (χ1n) is 19.9. The molecular formula is C55H31NO. The van der Waals surface area contributed by atoms with Gasteiger partial charge >= 0.3 is 0 Å². The SMILES string of the molecule is c1ccc(-c2ccc3c(c2)c2c(-n4c5ccccc5c5ccc6c(c54)-c4ccccc4C64c5ccccc5-c5ccccc54)ccc4oc5cccc3c5c42)cc1. The number of nitrogens with zero attached hydrogens (tertiary/aromatic N) is 1. The zero-order valence-corrected chi connectivity index (χ0v) is 30.8. The second-order valence-corrected chi connectivity index (χ2v) is 15.9. The van der Waals surface area contributed by atoms with Crippen LogP contribution >= 0.6 is 0 Å². The number of benzene rings is 10. The van der Waals surface area contributed by atoms with Crippen LogP contribution in [0.3, 0.4) is 0 Å². The van der Waals surface area contributed by atoms with E-state index in [2.05, 4.69) is 193 Å². The van der Waals surface area contributed by atoms with Crippen molar-refractivity contribution < 1.29 is 4.42 Å². The van der Waals surface area contributed by atoms with Crippen LogP contribution in [0.1, 0.15) is 22.3 Å². The second-order valence-electron chi connectivity index (χ2n) is 15.9. The molecule has 2 aliphatic carbocycles. The number of aromatic nitrogens is 1. The molecule has 2 heterocycles. The molecule has 14 rings (SSSR count). The van der Waals surface area contributed by atoms with E-state index in [1.165, 1.54) is 110 Å². The van der Waals surface area contributed by atoms with Gasteiger partial charge in [-0.1, -0.05) is 158 Å². The maximum absolute atomic E-state index is 6.69. The number of hydrogen-bond acceptors (Lipinski definition) is 1. The highest BCUT2D eigenvalue weighted by molar-refractivity contribution is 6.35. The number of furan rings is 1. The lowest BCUT2D eigenvalue weighted by molar-refractivity contribution is 0.669. The summed E-state index contributed by atoms with van der Waals surface area (Å²) >= 11 is 0. The molecule has 2 aliphatic rings. The monoisotopic (exact) mass is 721 g/mol. The summed E-state index contributed by atoms with van der Waals surface area (Å²) in [5, 5.41) is 9.79. The molecule has 12 aromatic rings. The van der Waals surface area contributed by atoms with E-state index in [9.17, 15) is 0 Å². The molecule has 0 amide bonds. The van der Waals surface area contributed by atoms with Crippen LogP contribution in [-0.2, 0) is 5.41 Å². The molecule has 0 atom stereocenters. The van der Waals surface area contributed by atoms with Crippen LogP contribution in [0, 0.1) is 0 Å². The van der Waals surface area contributed by atoms with E-state index in [4.69, 9.17) is 4.42 Å². The van der Waals surface area contributed by atoms with Gasteiger partial charge in [0.05, 0.1) is 22.1 Å². The molecule has 0 saturated carbocycles. The van der Waals surface area contributed by atoms with Crippen LogP contribution in [0.25, 0.3) is 104 Å². The summed E-state index contributed by atoms with van der Waals surface area (Å²) in [6.45, 7) is 0. The first-order valence-corrected chi connectivity index (χ1v) is 19.9. The maximum Gasteiger partial charge on any atom is 0.136 e. The summed E-state index contributed by atoms with van der Waals surface area (Å²) in [6.07, 6.45) is 0. The number of fused-ring (bicyclic) bond motifs is 17. The first-order chi connectivity index (χ1) is 28.3. The predicted molar refractivity (Wildman–Crippen MR) is 236 cm³/mol. The highest BCUT2D eigenvalue weighted by Crippen LogP contribution is 2.64. The Morgan fingerprint density at radius 1 is 0.368 bits per heavy atom. The number of hydrogen-bond donors (Lipinski definition) is 0. The van der Waals surface area contributed by atoms with Gasteiger partial charge in [-0.15, -0.1) is 0 Å². The normalized spacial score (nSPS) is 13.8. The Morgan fingerprint density at radius 3 is 1.82 bits per heavy atom. The third kappa shape index (κ3) is 3.50. The summed E-state index contributed by atoms with van der Waals surface area (Å²) in [5.74, 6) is 0. The Hall–Kier alpha value is -7.42. The molecule has 2 heteroatoms. The zero-order valence-electron chi connectivity index (χ0n) is 30.8. The van der Waals surface area contributed by atoms with Gasteiger partial charge in [0.25, 0.3) is 0 Å². The third-order valence-electron chi connectivity index (χ3n) is 13.4. The van der Waals surface area contributed by atoms with Crippen molar-refractivity contribution in [2.24, 2.45) is 0 Å². The van der Waals surface area contributed by atoms with E-state index in [1.54, 1.807) is 0 Å². The lowest BCUT2D eigenvalue weighted by Crippen LogP contribution is -2.25. The summed E-state index contributed by atoms with van der Waals surface area (Å²) in [4.78, 5) is 0. The second kappa shape index (κ2) is 10.5. The molecule has 0 unspecified atom stereocenters. The molecular weight excluding hydrogens is 691 g/mol. The van der Waals surface area contributed by atoms with E-state index >= 15 is 0 Å². The molecule has 57 heavy (non-hydrogen) atoms. The Bertz CT molecular complexity index is 3650. The third-order valence-corrected chi connectivity index (χ3v) is 13.4. The molecule has 0 aliphatic heterocycles. The lowest BCUT2D eigenvalue weighted by Gasteiger charge is -2.30. The van der Waals surface area contributed by atoms with Gasteiger partial charge in [0.2, 0.25) is 0 Å². The van der Waals surface area contributed by atoms with Gasteiger partial charge in [-0.2, -0.15) is 0 Å². The van der Waals surface area contributed by atoms with Crippen LogP contribution in [0.2, 0.25) is 0 Å². The molecule has 0 fully saturated rings. The average Bonchev–Trinajstić information content (AvgIpc) is 4.00. The van der Waals surface area contributed by atoms with E-state index in [0.29, 0.717) is 0 Å². The molecule has 0 saturated heterocycles. The van der Waals surface area contributed by atoms with Gasteiger partial charge in [-0.25, -0.2) is 0 Å². The first kappa shape index (κ1) is 29.9. The van der Waals surface area contributed by atoms with Gasteiger partial charge in [-0.3, -0.25) is 0 Å². The smallest absolute Gasteiger partial charge is 0.136 e. The highest BCUT2D eigenvalue weighted by atomic mass is 16.3. The average molecular weight is 722 g/mol. The van der Waals surface area contributed by atoms with Crippen LogP contribution < -0.4 is 0 Å². The topological polar surface area (TPSA) is 18.1 Å². The van der Waals surface area contributed by atoms with E-state index in [-0.39, 0.29) is 0 Å². The molecule has 0 bridgehead atoms. The molecule has 10 aromatic carbocycles. The van der Waals surface area contributed by atoms with Crippen LogP contribution in [0.5, 0.6) is 0 Å². The molecule has 2 nitrogen and oxygen atoms in total. The zero-order chi connectivity index (χ0) is 37.0. The van der Waals surface area contributed by atoms with Crippen molar-refractivity contribution in [1.29, 1.82) is 0 Å². The molecule has 2 aromatic heterocycles. The Kier molecular flexibility index (Phi) is 5.48. The van der Waals surface area contributed by atoms with Crippen molar-refractivity contribution in [2.45, 2.75) is 5.41 Å². The summed E-state index contributed by atoms with van der Waals surface area (Å²) in [5.41, 5.74) is 18.1. The van der Waals surface area contributed by atoms with Gasteiger partial charge in [0, 0.05) is 32.5 Å². The van der Waals surface area contributed by atoms with Gasteiger partial charge in [0.1, 0.15) is 11.2 Å². The van der Waals surface area contributed by atoms with Crippen molar-refractivity contribution in [3.8, 4) is 39.1 Å². The van der Waals surface area contributed by atoms with E-state index in [1.807, 2.05) is 0 Å². The van der Waals surface area contributed by atoms with Gasteiger partial charge in [-0.05, 0) is 96.6 Å². The van der Waals surface area contributed by atoms with E-state index < -0.39 is 5.41 Å². The fourth-order valence-electron chi connectivity index (χ4n) is 11.3. The van der Waals surface area contributed by atoms with Crippen LogP contribution in [0.15, 0.2) is 192 Å². The highest BCUT2D eigenvalue weighted by Gasteiger charge is 2.52. The summed E-state index contributed by atoms with van der Waals surface area (Å²) < 4.78 is 9.28. The van der Waals surface area contributed by atoms with Crippen molar-refractivity contribution >= 4 is 65.3 Å². The minimum atomic E-state index is -0.431. The van der Waals surface area contributed by atoms with Crippen LogP contribution in [-0.4, -0.2) is 4.57 Å². The lowest BCUT2D eigenvalue weighted by atomic mass is 9.70. The van der Waals surface area contributed by atoms with Gasteiger partial charge in [0.15, 0.2) is 0 Å². The predicted octanol–water partition coefficient (Wildman–Crippen LogP) is 14.4. The minimum absolute atomic E-state index is 0.431. The van der Waals surface area contributed by atoms with E-state index in [0.717, 1.165) is 16.9 Å². The van der Waals surface area contributed by atoms with Gasteiger partial charge < -0.3 is 8.98 Å². The van der Waals surface area contributed by atoms with Crippen molar-refractivity contribution in [1.82, 2.24) is 4.57 Å². The van der Waals surface area contributed by atoms with Crippen molar-refractivity contribution in [3.63, 3.8) is 0 Å². The van der Waals surface area contributed by atoms with Crippen molar-refractivity contribution in [2.75, 3.05) is 0 Å². The van der Waals surface area contributed by atoms with Crippen LogP contribution in [0.4, 0.5) is 0 Å². The quantitative estimate of drug-likeness (QED) is 0.163. The largest absolute Gasteiger partial charge is 0.456 e. The molecule has 0 N–H and O–H groups in total. The fraction of sp³-hybridized carbons (Fsp3) is 0.0182. The Morgan fingerprint density at radius 2 is 1.02 bits per heavy atom. The summed E-state index contributed by atoms with van der Waals surface area (Å²) in [6, 6.07) is 69.9. The standard InChI is InChI=1S/C55H31NO/c1-2-13-32(14-3-1)33-25-26-34-38-19-12-24-48-52(38)53-49(57-48)30-29-47(51(53)41(34)31-33)56-46-23-11-7-17-37(46)39-27-28-45-50(54(39)56)40-18-6-10-22-44(40)55(45)42-20-8-4-15-35(42)36-16-5-9-21-43(36)55/h1-31H. The maximum atomic E-state index is 6.69. The fourth-order valence-corrected chi connectivity index (χ4v) is 11.3. The molecule has 262 valence electrons. The Balaban J connectivity index is 1.20. The molecule has 0 radical (unpaired) electrons. The summed E-state index contributed by atoms with van der Waals surface area (Å²) in [7, 11) is 0. The molecule has 1 spiro atoms. The van der Waals surface area contributed by atoms with Crippen molar-refractivity contribution in [3.05, 3.63) is 210 Å². The number of rotatable bonds is 2. The minimum Gasteiger partial charge on any atom is -0.456 e. The number of para-hydroxylation sites is 1. The Labute approximate surface area is 327 Å².